The van der Waals surface area contributed by atoms with Crippen molar-refractivity contribution in [3.63, 3.8) is 0 Å². The molecule has 0 heterocycles. The molecule has 0 radical (unpaired) electrons. The third-order valence-corrected chi connectivity index (χ3v) is 7.69. The standard InChI is InChI=1S/C34H36F6O2/c1-3-5-6-7-18-42-29-16-8-21(20-28(29)36)19-27(35)26-14-13-24(31(37)33(26)39)22-9-11-23(12-10-22)25-15-17-30(41-4-2)34(40)32(25)38/h8-9,13-17,20,23,27H,3-7,10-12,18-19H2,1-2H3. The number of halogens is 6. The monoisotopic (exact) mass is 590 g/mol. The van der Waals surface area contributed by atoms with Crippen LogP contribution in [0.15, 0.2) is 48.5 Å². The average molecular weight is 591 g/mol. The minimum absolute atomic E-state index is 0.00623. The van der Waals surface area contributed by atoms with Crippen LogP contribution in [0.3, 0.4) is 0 Å². The number of ether oxygens (including phenoxy) is 2. The van der Waals surface area contributed by atoms with Gasteiger partial charge in [0.2, 0.25) is 5.82 Å². The molecule has 226 valence electrons. The third-order valence-electron chi connectivity index (χ3n) is 7.69. The van der Waals surface area contributed by atoms with Gasteiger partial charge in [0.1, 0.15) is 6.17 Å². The van der Waals surface area contributed by atoms with Crippen molar-refractivity contribution < 1.29 is 35.8 Å². The van der Waals surface area contributed by atoms with Gasteiger partial charge in [-0.2, -0.15) is 4.39 Å². The van der Waals surface area contributed by atoms with Crippen LogP contribution in [0.1, 0.15) is 93.1 Å². The maximum absolute atomic E-state index is 15.1. The molecule has 42 heavy (non-hydrogen) atoms. The molecule has 3 aromatic carbocycles. The average Bonchev–Trinajstić information content (AvgIpc) is 2.98. The summed E-state index contributed by atoms with van der Waals surface area (Å²) in [7, 11) is 0. The Bertz CT molecular complexity index is 1400. The number of alkyl halides is 1. The van der Waals surface area contributed by atoms with E-state index < -0.39 is 40.8 Å². The summed E-state index contributed by atoms with van der Waals surface area (Å²) in [4.78, 5) is 0. The van der Waals surface area contributed by atoms with Crippen molar-refractivity contribution in [2.75, 3.05) is 13.2 Å². The van der Waals surface area contributed by atoms with E-state index in [0.29, 0.717) is 37.0 Å². The number of rotatable bonds is 13. The summed E-state index contributed by atoms with van der Waals surface area (Å²) in [5.74, 6) is -5.52. The minimum Gasteiger partial charge on any atom is -0.491 e. The molecule has 4 rings (SSSR count). The molecule has 0 aromatic heterocycles. The van der Waals surface area contributed by atoms with E-state index in [1.54, 1.807) is 13.0 Å². The number of hydrogen-bond acceptors (Lipinski definition) is 2. The van der Waals surface area contributed by atoms with E-state index in [-0.39, 0.29) is 41.6 Å². The van der Waals surface area contributed by atoms with Gasteiger partial charge in [-0.3, -0.25) is 0 Å². The minimum atomic E-state index is -1.89. The van der Waals surface area contributed by atoms with E-state index in [9.17, 15) is 13.2 Å². The molecular weight excluding hydrogens is 554 g/mol. The Morgan fingerprint density at radius 2 is 1.60 bits per heavy atom. The maximum Gasteiger partial charge on any atom is 0.200 e. The zero-order valence-corrected chi connectivity index (χ0v) is 23.9. The van der Waals surface area contributed by atoms with E-state index in [2.05, 4.69) is 6.92 Å². The highest BCUT2D eigenvalue weighted by Crippen LogP contribution is 2.40. The Morgan fingerprint density at radius 1 is 0.810 bits per heavy atom. The van der Waals surface area contributed by atoms with Crippen molar-refractivity contribution in [1.82, 2.24) is 0 Å². The molecule has 0 saturated heterocycles. The largest absolute Gasteiger partial charge is 0.491 e. The molecule has 2 unspecified atom stereocenters. The summed E-state index contributed by atoms with van der Waals surface area (Å²) in [6.07, 6.45) is 4.41. The molecule has 0 spiro atoms. The molecule has 2 atom stereocenters. The second-order valence-corrected chi connectivity index (χ2v) is 10.6. The first-order valence-electron chi connectivity index (χ1n) is 14.6. The van der Waals surface area contributed by atoms with Crippen LogP contribution in [-0.2, 0) is 6.42 Å². The van der Waals surface area contributed by atoms with Gasteiger partial charge in [0.15, 0.2) is 34.8 Å². The van der Waals surface area contributed by atoms with E-state index in [4.69, 9.17) is 9.47 Å². The van der Waals surface area contributed by atoms with Crippen molar-refractivity contribution >= 4 is 5.57 Å². The fourth-order valence-electron chi connectivity index (χ4n) is 5.36. The topological polar surface area (TPSA) is 18.5 Å². The Morgan fingerprint density at radius 3 is 2.29 bits per heavy atom. The smallest absolute Gasteiger partial charge is 0.200 e. The van der Waals surface area contributed by atoms with Gasteiger partial charge < -0.3 is 9.47 Å². The third kappa shape index (κ3) is 7.31. The van der Waals surface area contributed by atoms with Crippen LogP contribution < -0.4 is 9.47 Å². The normalized spacial score (nSPS) is 15.8. The molecule has 2 nitrogen and oxygen atoms in total. The molecule has 3 aromatic rings. The highest BCUT2D eigenvalue weighted by atomic mass is 19.2. The predicted octanol–water partition coefficient (Wildman–Crippen LogP) is 10.3. The van der Waals surface area contributed by atoms with Gasteiger partial charge in [-0.15, -0.1) is 0 Å². The van der Waals surface area contributed by atoms with Crippen LogP contribution in [0.5, 0.6) is 11.5 Å². The van der Waals surface area contributed by atoms with Gasteiger partial charge in [0.05, 0.1) is 13.2 Å². The summed E-state index contributed by atoms with van der Waals surface area (Å²) in [5, 5.41) is 0. The summed E-state index contributed by atoms with van der Waals surface area (Å²) < 4.78 is 99.3. The summed E-state index contributed by atoms with van der Waals surface area (Å²) in [6, 6.07) is 9.51. The van der Waals surface area contributed by atoms with E-state index in [1.165, 1.54) is 36.4 Å². The fraction of sp³-hybridized carbons (Fsp3) is 0.412. The molecule has 0 N–H and O–H groups in total. The van der Waals surface area contributed by atoms with Crippen LogP contribution in [-0.4, -0.2) is 13.2 Å². The summed E-state index contributed by atoms with van der Waals surface area (Å²) in [5.41, 5.74) is 0.572. The molecule has 0 aliphatic heterocycles. The van der Waals surface area contributed by atoms with Gasteiger partial charge in [-0.25, -0.2) is 22.0 Å². The van der Waals surface area contributed by atoms with E-state index >= 15 is 13.2 Å². The zero-order chi connectivity index (χ0) is 30.2. The number of unbranched alkanes of at least 4 members (excludes halogenated alkanes) is 3. The number of benzene rings is 3. The first-order chi connectivity index (χ1) is 20.2. The second kappa shape index (κ2) is 14.7. The van der Waals surface area contributed by atoms with Crippen LogP contribution in [0.2, 0.25) is 0 Å². The van der Waals surface area contributed by atoms with Crippen LogP contribution in [0, 0.1) is 29.1 Å². The highest BCUT2D eigenvalue weighted by molar-refractivity contribution is 5.67. The van der Waals surface area contributed by atoms with Gasteiger partial charge in [-0.05, 0) is 73.4 Å². The first-order valence-corrected chi connectivity index (χ1v) is 14.6. The lowest BCUT2D eigenvalue weighted by molar-refractivity contribution is 0.289. The lowest BCUT2D eigenvalue weighted by Gasteiger charge is -2.24. The quantitative estimate of drug-likeness (QED) is 0.146. The molecule has 0 saturated carbocycles. The van der Waals surface area contributed by atoms with Crippen LogP contribution >= 0.6 is 0 Å². The van der Waals surface area contributed by atoms with Gasteiger partial charge >= 0.3 is 0 Å². The number of allylic oxidation sites excluding steroid dienone is 2. The second-order valence-electron chi connectivity index (χ2n) is 10.6. The highest BCUT2D eigenvalue weighted by Gasteiger charge is 2.27. The lowest BCUT2D eigenvalue weighted by atomic mass is 9.82. The Balaban J connectivity index is 1.41. The van der Waals surface area contributed by atoms with E-state index in [0.717, 1.165) is 31.7 Å². The molecule has 1 aliphatic rings. The molecular formula is C34H36F6O2. The molecule has 1 aliphatic carbocycles. The molecule has 8 heteroatoms. The summed E-state index contributed by atoms with van der Waals surface area (Å²) in [6.45, 7) is 4.35. The lowest BCUT2D eigenvalue weighted by Crippen LogP contribution is -2.10. The summed E-state index contributed by atoms with van der Waals surface area (Å²) >= 11 is 0. The predicted molar refractivity (Wildman–Crippen MR) is 152 cm³/mol. The van der Waals surface area contributed by atoms with Crippen molar-refractivity contribution in [3.05, 3.63) is 99.9 Å². The van der Waals surface area contributed by atoms with E-state index in [1.807, 2.05) is 0 Å². The van der Waals surface area contributed by atoms with Gasteiger partial charge in [0, 0.05) is 17.5 Å². The maximum atomic E-state index is 15.1. The molecule has 0 amide bonds. The zero-order valence-electron chi connectivity index (χ0n) is 23.9. The van der Waals surface area contributed by atoms with Crippen molar-refractivity contribution in [2.24, 2.45) is 0 Å². The SMILES string of the molecule is CCCCCCOc1ccc(CC(F)c2ccc(C3=CCC(c4ccc(OCC)c(F)c4F)CC3)c(F)c2F)cc1F. The Hall–Kier alpha value is -3.42. The number of hydrogen-bond donors (Lipinski definition) is 0. The molecule has 0 bridgehead atoms. The van der Waals surface area contributed by atoms with Crippen molar-refractivity contribution in [2.45, 2.75) is 77.3 Å². The van der Waals surface area contributed by atoms with Crippen LogP contribution in [0.25, 0.3) is 5.57 Å². The first kappa shape index (κ1) is 31.5. The molecule has 0 fully saturated rings. The van der Waals surface area contributed by atoms with Crippen molar-refractivity contribution in [3.8, 4) is 11.5 Å². The Kier molecular flexibility index (Phi) is 11.0. The van der Waals surface area contributed by atoms with Gasteiger partial charge in [0.25, 0.3) is 0 Å². The van der Waals surface area contributed by atoms with Crippen LogP contribution in [0.4, 0.5) is 26.3 Å². The Labute approximate surface area is 243 Å². The van der Waals surface area contributed by atoms with Crippen molar-refractivity contribution in [1.29, 1.82) is 0 Å². The fourth-order valence-corrected chi connectivity index (χ4v) is 5.36. The van der Waals surface area contributed by atoms with Gasteiger partial charge in [-0.1, -0.05) is 56.5 Å².